The maximum atomic E-state index is 4.48. The molecular formula is C16H13N5S. The molecule has 1 N–H and O–H groups in total. The summed E-state index contributed by atoms with van der Waals surface area (Å²) in [7, 11) is 0. The summed E-state index contributed by atoms with van der Waals surface area (Å²) in [5.74, 6) is 0. The third-order valence-electron chi connectivity index (χ3n) is 3.44. The Labute approximate surface area is 131 Å². The van der Waals surface area contributed by atoms with E-state index in [1.165, 1.54) is 16.9 Å². The topological polar surface area (TPSA) is 55.1 Å². The van der Waals surface area contributed by atoms with Crippen molar-refractivity contribution in [3.8, 4) is 11.3 Å². The lowest BCUT2D eigenvalue weighted by atomic mass is 10.1. The molecule has 6 heteroatoms. The quantitative estimate of drug-likeness (QED) is 0.623. The summed E-state index contributed by atoms with van der Waals surface area (Å²) in [6.07, 6.45) is 3.96. The molecule has 0 radical (unpaired) electrons. The predicted octanol–water partition coefficient (Wildman–Crippen LogP) is 3.90. The van der Waals surface area contributed by atoms with Crippen LogP contribution >= 0.6 is 11.3 Å². The van der Waals surface area contributed by atoms with Gasteiger partial charge in [-0.25, -0.2) is 4.98 Å². The van der Waals surface area contributed by atoms with Crippen molar-refractivity contribution in [2.75, 3.05) is 5.32 Å². The van der Waals surface area contributed by atoms with Gasteiger partial charge < -0.3 is 5.32 Å². The number of benzene rings is 1. The molecule has 3 aromatic heterocycles. The summed E-state index contributed by atoms with van der Waals surface area (Å²) >= 11 is 1.47. The number of nitrogens with zero attached hydrogens (tertiary/aromatic N) is 4. The SMILES string of the molecule is Cc1ccn2c(-c3cccc(Nc4nncs4)c3)cnc2c1. The molecule has 5 nitrogen and oxygen atoms in total. The molecule has 0 unspecified atom stereocenters. The lowest BCUT2D eigenvalue weighted by Crippen LogP contribution is -1.92. The summed E-state index contributed by atoms with van der Waals surface area (Å²) in [6, 6.07) is 12.4. The van der Waals surface area contributed by atoms with E-state index in [0.29, 0.717) is 0 Å². The van der Waals surface area contributed by atoms with Gasteiger partial charge in [-0.05, 0) is 36.8 Å². The Hall–Kier alpha value is -2.73. The third-order valence-corrected chi connectivity index (χ3v) is 4.05. The van der Waals surface area contributed by atoms with E-state index in [1.54, 1.807) is 5.51 Å². The molecule has 0 saturated heterocycles. The standard InChI is InChI=1S/C16H13N5S/c1-11-5-6-21-14(9-17-15(21)7-11)12-3-2-4-13(8-12)19-16-20-18-10-22-16/h2-10H,1H3,(H,19,20). The van der Waals surface area contributed by atoms with Gasteiger partial charge >= 0.3 is 0 Å². The van der Waals surface area contributed by atoms with Gasteiger partial charge in [0.1, 0.15) is 11.2 Å². The zero-order valence-electron chi connectivity index (χ0n) is 11.9. The fourth-order valence-corrected chi connectivity index (χ4v) is 2.87. The van der Waals surface area contributed by atoms with Crippen molar-refractivity contribution in [1.29, 1.82) is 0 Å². The molecule has 4 aromatic rings. The lowest BCUT2D eigenvalue weighted by molar-refractivity contribution is 1.09. The minimum absolute atomic E-state index is 0.783. The Balaban J connectivity index is 1.75. The molecule has 1 aromatic carbocycles. The molecule has 0 bridgehead atoms. The second-order valence-electron chi connectivity index (χ2n) is 5.03. The number of anilines is 2. The van der Waals surface area contributed by atoms with E-state index in [4.69, 9.17) is 0 Å². The number of imidazole rings is 1. The lowest BCUT2D eigenvalue weighted by Gasteiger charge is -2.06. The maximum Gasteiger partial charge on any atom is 0.209 e. The first-order chi connectivity index (χ1) is 10.8. The highest BCUT2D eigenvalue weighted by Crippen LogP contribution is 2.26. The highest BCUT2D eigenvalue weighted by molar-refractivity contribution is 7.13. The van der Waals surface area contributed by atoms with Crippen LogP contribution in [0.3, 0.4) is 0 Å². The minimum atomic E-state index is 0.783. The number of aromatic nitrogens is 4. The number of rotatable bonds is 3. The van der Waals surface area contributed by atoms with E-state index in [-0.39, 0.29) is 0 Å². The predicted molar refractivity (Wildman–Crippen MR) is 88.6 cm³/mol. The molecule has 22 heavy (non-hydrogen) atoms. The summed E-state index contributed by atoms with van der Waals surface area (Å²) < 4.78 is 2.09. The van der Waals surface area contributed by atoms with Crippen molar-refractivity contribution >= 4 is 27.8 Å². The number of pyridine rings is 1. The summed E-state index contributed by atoms with van der Waals surface area (Å²) in [4.78, 5) is 4.48. The minimum Gasteiger partial charge on any atom is -0.330 e. The van der Waals surface area contributed by atoms with Crippen LogP contribution in [0.2, 0.25) is 0 Å². The Bertz CT molecular complexity index is 927. The smallest absolute Gasteiger partial charge is 0.209 e. The monoisotopic (exact) mass is 307 g/mol. The zero-order chi connectivity index (χ0) is 14.9. The van der Waals surface area contributed by atoms with Gasteiger partial charge in [0.05, 0.1) is 11.9 Å². The van der Waals surface area contributed by atoms with Crippen LogP contribution in [0.25, 0.3) is 16.9 Å². The molecule has 108 valence electrons. The van der Waals surface area contributed by atoms with Gasteiger partial charge in [0.25, 0.3) is 0 Å². The average molecular weight is 307 g/mol. The van der Waals surface area contributed by atoms with E-state index in [1.807, 2.05) is 18.3 Å². The second-order valence-corrected chi connectivity index (χ2v) is 5.86. The van der Waals surface area contributed by atoms with Crippen LogP contribution < -0.4 is 5.32 Å². The van der Waals surface area contributed by atoms with E-state index >= 15 is 0 Å². The van der Waals surface area contributed by atoms with Crippen molar-refractivity contribution in [1.82, 2.24) is 19.6 Å². The average Bonchev–Trinajstić information content (AvgIpc) is 3.16. The maximum absolute atomic E-state index is 4.48. The Morgan fingerprint density at radius 2 is 2.14 bits per heavy atom. The molecular weight excluding hydrogens is 294 g/mol. The highest BCUT2D eigenvalue weighted by Gasteiger charge is 2.07. The van der Waals surface area contributed by atoms with Crippen LogP contribution in [-0.2, 0) is 0 Å². The van der Waals surface area contributed by atoms with E-state index in [2.05, 4.69) is 62.3 Å². The molecule has 0 fully saturated rings. The molecule has 0 amide bonds. The van der Waals surface area contributed by atoms with Crippen LogP contribution in [0, 0.1) is 6.92 Å². The highest BCUT2D eigenvalue weighted by atomic mass is 32.1. The molecule has 0 aliphatic heterocycles. The molecule has 3 heterocycles. The van der Waals surface area contributed by atoms with Gasteiger partial charge in [0.2, 0.25) is 5.13 Å². The molecule has 4 rings (SSSR count). The van der Waals surface area contributed by atoms with Gasteiger partial charge in [-0.1, -0.05) is 23.5 Å². The first-order valence-electron chi connectivity index (χ1n) is 6.87. The summed E-state index contributed by atoms with van der Waals surface area (Å²) in [6.45, 7) is 2.07. The van der Waals surface area contributed by atoms with Crippen molar-refractivity contribution < 1.29 is 0 Å². The van der Waals surface area contributed by atoms with Gasteiger partial charge in [-0.3, -0.25) is 4.40 Å². The van der Waals surface area contributed by atoms with Crippen molar-refractivity contribution in [3.63, 3.8) is 0 Å². The molecule has 0 atom stereocenters. The largest absolute Gasteiger partial charge is 0.330 e. The second kappa shape index (κ2) is 5.23. The van der Waals surface area contributed by atoms with E-state index in [0.717, 1.165) is 27.7 Å². The first kappa shape index (κ1) is 13.0. The normalized spacial score (nSPS) is 11.0. The fraction of sp³-hybridized carbons (Fsp3) is 0.0625. The summed E-state index contributed by atoms with van der Waals surface area (Å²) in [5, 5.41) is 11.9. The molecule has 0 aliphatic rings. The van der Waals surface area contributed by atoms with E-state index in [9.17, 15) is 0 Å². The van der Waals surface area contributed by atoms with Gasteiger partial charge in [-0.2, -0.15) is 0 Å². The third kappa shape index (κ3) is 2.33. The van der Waals surface area contributed by atoms with Crippen LogP contribution in [-0.4, -0.2) is 19.6 Å². The van der Waals surface area contributed by atoms with Crippen molar-refractivity contribution in [3.05, 3.63) is 59.9 Å². The molecule has 0 aliphatic carbocycles. The van der Waals surface area contributed by atoms with Crippen molar-refractivity contribution in [2.45, 2.75) is 6.92 Å². The van der Waals surface area contributed by atoms with Crippen LogP contribution in [0.5, 0.6) is 0 Å². The van der Waals surface area contributed by atoms with E-state index < -0.39 is 0 Å². The van der Waals surface area contributed by atoms with Gasteiger partial charge in [-0.15, -0.1) is 10.2 Å². The number of hydrogen-bond donors (Lipinski definition) is 1. The van der Waals surface area contributed by atoms with Gasteiger partial charge in [0.15, 0.2) is 0 Å². The van der Waals surface area contributed by atoms with Crippen LogP contribution in [0.1, 0.15) is 5.56 Å². The van der Waals surface area contributed by atoms with Crippen molar-refractivity contribution in [2.24, 2.45) is 0 Å². The van der Waals surface area contributed by atoms with Crippen LogP contribution in [0.4, 0.5) is 10.8 Å². The number of hydrogen-bond acceptors (Lipinski definition) is 5. The summed E-state index contributed by atoms with van der Waals surface area (Å²) in [5.41, 5.74) is 7.02. The Morgan fingerprint density at radius 3 is 3.00 bits per heavy atom. The number of fused-ring (bicyclic) bond motifs is 1. The number of nitrogens with one attached hydrogen (secondary N) is 1. The van der Waals surface area contributed by atoms with Gasteiger partial charge in [0, 0.05) is 17.4 Å². The fourth-order valence-electron chi connectivity index (χ4n) is 2.40. The number of aryl methyl sites for hydroxylation is 1. The Kier molecular flexibility index (Phi) is 3.08. The Morgan fingerprint density at radius 1 is 1.18 bits per heavy atom. The zero-order valence-corrected chi connectivity index (χ0v) is 12.7. The molecule has 0 spiro atoms. The van der Waals surface area contributed by atoms with Crippen LogP contribution in [0.15, 0.2) is 54.3 Å². The molecule has 0 saturated carbocycles. The first-order valence-corrected chi connectivity index (χ1v) is 7.75.